The summed E-state index contributed by atoms with van der Waals surface area (Å²) in [4.78, 5) is 15.8. The van der Waals surface area contributed by atoms with Crippen LogP contribution < -0.4 is 5.73 Å². The van der Waals surface area contributed by atoms with Gasteiger partial charge in [0.15, 0.2) is 0 Å². The van der Waals surface area contributed by atoms with Gasteiger partial charge in [-0.3, -0.25) is 4.79 Å². The molecule has 1 aliphatic rings. The maximum atomic E-state index is 11.9. The molecule has 0 aliphatic heterocycles. The van der Waals surface area contributed by atoms with E-state index in [0.717, 1.165) is 25.9 Å². The van der Waals surface area contributed by atoms with E-state index in [1.807, 2.05) is 21.1 Å². The van der Waals surface area contributed by atoms with Gasteiger partial charge in [-0.15, -0.1) is 0 Å². The lowest BCUT2D eigenvalue weighted by Gasteiger charge is -2.27. The van der Waals surface area contributed by atoms with Crippen molar-refractivity contribution in [2.75, 3.05) is 34.2 Å². The average Bonchev–Trinajstić information content (AvgIpc) is 2.61. The fraction of sp³-hybridized carbons (Fsp3) is 0.917. The van der Waals surface area contributed by atoms with Crippen molar-refractivity contribution in [2.45, 2.75) is 37.6 Å². The van der Waals surface area contributed by atoms with E-state index in [0.29, 0.717) is 6.42 Å². The van der Waals surface area contributed by atoms with E-state index in [4.69, 9.17) is 5.73 Å². The number of likely N-dealkylation sites (N-methyl/N-ethyl adjacent to an activating group) is 2. The Hall–Kier alpha value is -0.610. The molecule has 0 saturated heterocycles. The van der Waals surface area contributed by atoms with Gasteiger partial charge in [0, 0.05) is 32.1 Å². The lowest BCUT2D eigenvalue weighted by Crippen LogP contribution is -2.43. The van der Waals surface area contributed by atoms with Crippen molar-refractivity contribution >= 4 is 5.91 Å². The molecule has 0 aromatic rings. The highest BCUT2D eigenvalue weighted by molar-refractivity contribution is 5.77. The number of hydrogen-bond donors (Lipinski definition) is 1. The van der Waals surface area contributed by atoms with Crippen LogP contribution >= 0.6 is 0 Å². The van der Waals surface area contributed by atoms with Crippen LogP contribution in [0.5, 0.6) is 0 Å². The SMILES string of the molecule is CN(C)CCN(C)C(=O)CC1(N)CCCC1. The summed E-state index contributed by atoms with van der Waals surface area (Å²) in [5.74, 6) is 0.186. The van der Waals surface area contributed by atoms with Gasteiger partial charge >= 0.3 is 0 Å². The molecule has 0 atom stereocenters. The highest BCUT2D eigenvalue weighted by atomic mass is 16.2. The van der Waals surface area contributed by atoms with E-state index >= 15 is 0 Å². The monoisotopic (exact) mass is 227 g/mol. The molecule has 2 N–H and O–H groups in total. The third-order valence-corrected chi connectivity index (χ3v) is 3.41. The zero-order chi connectivity index (χ0) is 12.2. The smallest absolute Gasteiger partial charge is 0.224 e. The minimum atomic E-state index is -0.219. The molecule has 0 bridgehead atoms. The van der Waals surface area contributed by atoms with Crippen LogP contribution in [0.2, 0.25) is 0 Å². The number of rotatable bonds is 5. The van der Waals surface area contributed by atoms with Gasteiger partial charge in [-0.25, -0.2) is 0 Å². The molecule has 16 heavy (non-hydrogen) atoms. The number of hydrogen-bond acceptors (Lipinski definition) is 3. The normalized spacial score (nSPS) is 19.1. The Kier molecular flexibility index (Phi) is 4.74. The zero-order valence-electron chi connectivity index (χ0n) is 10.8. The van der Waals surface area contributed by atoms with E-state index < -0.39 is 0 Å². The standard InChI is InChI=1S/C12H25N3O/c1-14(2)8-9-15(3)11(16)10-12(13)6-4-5-7-12/h4-10,13H2,1-3H3. The van der Waals surface area contributed by atoms with E-state index in [1.54, 1.807) is 4.90 Å². The van der Waals surface area contributed by atoms with Crippen molar-refractivity contribution in [2.24, 2.45) is 5.73 Å². The third kappa shape index (κ3) is 4.10. The van der Waals surface area contributed by atoms with Crippen molar-refractivity contribution in [3.05, 3.63) is 0 Å². The lowest BCUT2D eigenvalue weighted by molar-refractivity contribution is -0.131. The second-order valence-corrected chi connectivity index (χ2v) is 5.36. The summed E-state index contributed by atoms with van der Waals surface area (Å²) in [6, 6.07) is 0. The van der Waals surface area contributed by atoms with Gasteiger partial charge in [-0.05, 0) is 26.9 Å². The van der Waals surface area contributed by atoms with Crippen LogP contribution in [0.1, 0.15) is 32.1 Å². The Morgan fingerprint density at radius 1 is 1.19 bits per heavy atom. The predicted octanol–water partition coefficient (Wildman–Crippen LogP) is 0.668. The van der Waals surface area contributed by atoms with Gasteiger partial charge in [0.25, 0.3) is 0 Å². The second kappa shape index (κ2) is 5.64. The molecular weight excluding hydrogens is 202 g/mol. The molecule has 94 valence electrons. The van der Waals surface area contributed by atoms with Gasteiger partial charge in [0.2, 0.25) is 5.91 Å². The maximum absolute atomic E-state index is 11.9. The van der Waals surface area contributed by atoms with Crippen molar-refractivity contribution in [1.29, 1.82) is 0 Å². The molecule has 4 nitrogen and oxygen atoms in total. The molecule has 0 aromatic carbocycles. The lowest BCUT2D eigenvalue weighted by atomic mass is 9.94. The Labute approximate surface area is 98.8 Å². The Morgan fingerprint density at radius 3 is 2.25 bits per heavy atom. The number of carbonyl (C=O) groups is 1. The van der Waals surface area contributed by atoms with Gasteiger partial charge in [0.05, 0.1) is 0 Å². The number of nitrogens with two attached hydrogens (primary N) is 1. The molecule has 1 rings (SSSR count). The van der Waals surface area contributed by atoms with Gasteiger partial charge < -0.3 is 15.5 Å². The topological polar surface area (TPSA) is 49.6 Å². The van der Waals surface area contributed by atoms with E-state index in [-0.39, 0.29) is 11.4 Å². The summed E-state index contributed by atoms with van der Waals surface area (Å²) >= 11 is 0. The molecule has 1 fully saturated rings. The first-order chi connectivity index (χ1) is 7.43. The molecular formula is C12H25N3O. The first-order valence-electron chi connectivity index (χ1n) is 6.10. The van der Waals surface area contributed by atoms with Gasteiger partial charge in [-0.2, -0.15) is 0 Å². The van der Waals surface area contributed by atoms with Crippen molar-refractivity contribution in [1.82, 2.24) is 9.80 Å². The van der Waals surface area contributed by atoms with Gasteiger partial charge in [0.1, 0.15) is 0 Å². The summed E-state index contributed by atoms with van der Waals surface area (Å²) in [5, 5.41) is 0. The van der Waals surface area contributed by atoms with Crippen molar-refractivity contribution in [3.63, 3.8) is 0 Å². The summed E-state index contributed by atoms with van der Waals surface area (Å²) in [7, 11) is 5.89. The number of amides is 1. The summed E-state index contributed by atoms with van der Waals surface area (Å²) < 4.78 is 0. The summed E-state index contributed by atoms with van der Waals surface area (Å²) in [5.41, 5.74) is 5.98. The van der Waals surface area contributed by atoms with E-state index in [2.05, 4.69) is 4.90 Å². The first-order valence-corrected chi connectivity index (χ1v) is 6.10. The van der Waals surface area contributed by atoms with Crippen LogP contribution in [0.15, 0.2) is 0 Å². The molecule has 0 spiro atoms. The maximum Gasteiger partial charge on any atom is 0.224 e. The minimum absolute atomic E-state index is 0.186. The highest BCUT2D eigenvalue weighted by Gasteiger charge is 2.32. The van der Waals surface area contributed by atoms with Gasteiger partial charge in [-0.1, -0.05) is 12.8 Å². The van der Waals surface area contributed by atoms with Crippen molar-refractivity contribution < 1.29 is 4.79 Å². The van der Waals surface area contributed by atoms with Crippen LogP contribution in [0.4, 0.5) is 0 Å². The quantitative estimate of drug-likeness (QED) is 0.751. The second-order valence-electron chi connectivity index (χ2n) is 5.36. The average molecular weight is 227 g/mol. The summed E-state index contributed by atoms with van der Waals surface area (Å²) in [6.07, 6.45) is 4.85. The van der Waals surface area contributed by atoms with E-state index in [9.17, 15) is 4.79 Å². The fourth-order valence-corrected chi connectivity index (χ4v) is 2.17. The largest absolute Gasteiger partial charge is 0.344 e. The summed E-state index contributed by atoms with van der Waals surface area (Å²) in [6.45, 7) is 1.68. The molecule has 0 heterocycles. The highest BCUT2D eigenvalue weighted by Crippen LogP contribution is 2.30. The van der Waals surface area contributed by atoms with Crippen LogP contribution in [0, 0.1) is 0 Å². The molecule has 0 radical (unpaired) electrons. The number of carbonyl (C=O) groups excluding carboxylic acids is 1. The zero-order valence-corrected chi connectivity index (χ0v) is 10.8. The van der Waals surface area contributed by atoms with Crippen LogP contribution in [0.25, 0.3) is 0 Å². The first kappa shape index (κ1) is 13.5. The van der Waals surface area contributed by atoms with Crippen LogP contribution in [-0.2, 0) is 4.79 Å². The van der Waals surface area contributed by atoms with Crippen LogP contribution in [0.3, 0.4) is 0 Å². The minimum Gasteiger partial charge on any atom is -0.344 e. The fourth-order valence-electron chi connectivity index (χ4n) is 2.17. The van der Waals surface area contributed by atoms with E-state index in [1.165, 1.54) is 12.8 Å². The molecule has 1 amide bonds. The predicted molar refractivity (Wildman–Crippen MR) is 66.2 cm³/mol. The Morgan fingerprint density at radius 2 is 1.75 bits per heavy atom. The third-order valence-electron chi connectivity index (χ3n) is 3.41. The molecule has 1 aliphatic carbocycles. The van der Waals surface area contributed by atoms with Crippen LogP contribution in [-0.4, -0.2) is 55.5 Å². The van der Waals surface area contributed by atoms with Crippen molar-refractivity contribution in [3.8, 4) is 0 Å². The Balaban J connectivity index is 2.33. The Bertz CT molecular complexity index is 234. The molecule has 1 saturated carbocycles. The molecule has 4 heteroatoms. The molecule has 0 aromatic heterocycles. The number of nitrogens with zero attached hydrogens (tertiary/aromatic N) is 2. The molecule has 0 unspecified atom stereocenters.